The van der Waals surface area contributed by atoms with Crippen molar-refractivity contribution >= 4 is 5.91 Å². The number of hydrogen-bond acceptors (Lipinski definition) is 2. The quantitative estimate of drug-likeness (QED) is 0.887. The average Bonchev–Trinajstić information content (AvgIpc) is 2.89. The molecule has 1 aliphatic rings. The maximum Gasteiger partial charge on any atom is 0.242 e. The van der Waals surface area contributed by atoms with Gasteiger partial charge in [0.1, 0.15) is 6.04 Å². The minimum Gasteiger partial charge on any atom is -0.353 e. The molecule has 1 aliphatic heterocycles. The summed E-state index contributed by atoms with van der Waals surface area (Å²) in [6, 6.07) is 11.9. The van der Waals surface area contributed by atoms with Gasteiger partial charge in [0.05, 0.1) is 6.54 Å². The number of carbonyl (C=O) groups is 1. The average molecular weight is 269 g/mol. The minimum absolute atomic E-state index is 0.0401. The summed E-state index contributed by atoms with van der Waals surface area (Å²) in [5, 5.41) is 6.32. The molecule has 0 fully saturated rings. The molecule has 104 valence electrons. The van der Waals surface area contributed by atoms with Crippen LogP contribution < -0.4 is 10.6 Å². The van der Waals surface area contributed by atoms with Crippen molar-refractivity contribution in [3.05, 3.63) is 59.4 Å². The number of rotatable bonds is 3. The number of amides is 1. The first-order chi connectivity index (χ1) is 9.75. The van der Waals surface area contributed by atoms with Crippen molar-refractivity contribution in [1.29, 1.82) is 0 Å². The van der Waals surface area contributed by atoms with Gasteiger partial charge in [0, 0.05) is 25.5 Å². The Hall–Kier alpha value is -2.07. The first kappa shape index (κ1) is 12.9. The van der Waals surface area contributed by atoms with Gasteiger partial charge < -0.3 is 15.2 Å². The van der Waals surface area contributed by atoms with Crippen molar-refractivity contribution in [1.82, 2.24) is 15.2 Å². The van der Waals surface area contributed by atoms with Crippen molar-refractivity contribution in [3.63, 3.8) is 0 Å². The molecule has 0 saturated heterocycles. The van der Waals surface area contributed by atoms with Crippen LogP contribution in [0.1, 0.15) is 22.9 Å². The van der Waals surface area contributed by atoms with Crippen molar-refractivity contribution < 1.29 is 4.79 Å². The second-order valence-corrected chi connectivity index (χ2v) is 5.16. The summed E-state index contributed by atoms with van der Waals surface area (Å²) in [7, 11) is 1.98. The fourth-order valence-electron chi connectivity index (χ4n) is 2.70. The molecule has 2 heterocycles. The van der Waals surface area contributed by atoms with E-state index in [-0.39, 0.29) is 11.9 Å². The zero-order valence-corrected chi connectivity index (χ0v) is 11.6. The number of nitrogens with one attached hydrogen (secondary N) is 2. The van der Waals surface area contributed by atoms with E-state index >= 15 is 0 Å². The van der Waals surface area contributed by atoms with Crippen LogP contribution in [0.4, 0.5) is 0 Å². The third kappa shape index (κ3) is 2.47. The molecule has 4 nitrogen and oxygen atoms in total. The van der Waals surface area contributed by atoms with E-state index < -0.39 is 0 Å². The summed E-state index contributed by atoms with van der Waals surface area (Å²) in [6.07, 6.45) is 2.97. The summed E-state index contributed by atoms with van der Waals surface area (Å²) in [5.41, 5.74) is 3.47. The lowest BCUT2D eigenvalue weighted by Gasteiger charge is -2.26. The van der Waals surface area contributed by atoms with Gasteiger partial charge in [-0.3, -0.25) is 4.79 Å². The number of aryl methyl sites for hydroxylation is 1. The monoisotopic (exact) mass is 269 g/mol. The Morgan fingerprint density at radius 1 is 1.35 bits per heavy atom. The maximum atomic E-state index is 12.4. The fourth-order valence-corrected chi connectivity index (χ4v) is 2.70. The van der Waals surface area contributed by atoms with Crippen molar-refractivity contribution in [3.8, 4) is 0 Å². The largest absolute Gasteiger partial charge is 0.353 e. The lowest BCUT2D eigenvalue weighted by atomic mass is 9.94. The zero-order valence-electron chi connectivity index (χ0n) is 11.6. The Morgan fingerprint density at radius 2 is 2.20 bits per heavy atom. The SMILES string of the molecule is Cn1cccc1CNC(=O)C1NCCc2ccccc21. The summed E-state index contributed by atoms with van der Waals surface area (Å²) < 4.78 is 2.02. The van der Waals surface area contributed by atoms with Gasteiger partial charge in [-0.25, -0.2) is 0 Å². The normalized spacial score (nSPS) is 17.6. The standard InChI is InChI=1S/C16H19N3O/c1-19-10-4-6-13(19)11-18-16(20)15-14-7-3-2-5-12(14)8-9-17-15/h2-7,10,15,17H,8-9,11H2,1H3,(H,18,20). The van der Waals surface area contributed by atoms with Crippen molar-refractivity contribution in [2.45, 2.75) is 19.0 Å². The van der Waals surface area contributed by atoms with Crippen LogP contribution >= 0.6 is 0 Å². The van der Waals surface area contributed by atoms with Crippen LogP contribution in [0.15, 0.2) is 42.6 Å². The van der Waals surface area contributed by atoms with Gasteiger partial charge in [-0.15, -0.1) is 0 Å². The van der Waals surface area contributed by atoms with Crippen LogP contribution in [0.5, 0.6) is 0 Å². The molecule has 2 N–H and O–H groups in total. The predicted octanol–water partition coefficient (Wildman–Crippen LogP) is 1.53. The molecule has 0 spiro atoms. The number of benzene rings is 1. The van der Waals surface area contributed by atoms with E-state index in [1.165, 1.54) is 5.56 Å². The molecule has 2 aromatic rings. The van der Waals surface area contributed by atoms with Gasteiger partial charge in [0.2, 0.25) is 5.91 Å². The van der Waals surface area contributed by atoms with Crippen LogP contribution in [-0.2, 0) is 24.8 Å². The molecule has 0 radical (unpaired) electrons. The minimum atomic E-state index is -0.236. The fraction of sp³-hybridized carbons (Fsp3) is 0.312. The molecule has 4 heteroatoms. The van der Waals surface area contributed by atoms with Gasteiger partial charge in [0.15, 0.2) is 0 Å². The first-order valence-corrected chi connectivity index (χ1v) is 6.95. The summed E-state index contributed by atoms with van der Waals surface area (Å²) in [6.45, 7) is 1.40. The molecule has 20 heavy (non-hydrogen) atoms. The molecule has 1 aromatic heterocycles. The third-order valence-corrected chi connectivity index (χ3v) is 3.87. The van der Waals surface area contributed by atoms with E-state index in [2.05, 4.69) is 16.7 Å². The molecular weight excluding hydrogens is 250 g/mol. The number of hydrogen-bond donors (Lipinski definition) is 2. The van der Waals surface area contributed by atoms with E-state index in [9.17, 15) is 4.79 Å². The molecular formula is C16H19N3O. The van der Waals surface area contributed by atoms with Gasteiger partial charge in [0.25, 0.3) is 0 Å². The summed E-state index contributed by atoms with van der Waals surface area (Å²) in [5.74, 6) is 0.0401. The molecule has 0 aliphatic carbocycles. The Morgan fingerprint density at radius 3 is 3.00 bits per heavy atom. The lowest BCUT2D eigenvalue weighted by molar-refractivity contribution is -0.123. The van der Waals surface area contributed by atoms with Gasteiger partial charge in [-0.05, 0) is 29.7 Å². The highest BCUT2D eigenvalue weighted by Gasteiger charge is 2.25. The van der Waals surface area contributed by atoms with E-state index in [4.69, 9.17) is 0 Å². The number of carbonyl (C=O) groups excluding carboxylic acids is 1. The van der Waals surface area contributed by atoms with Crippen LogP contribution in [0.3, 0.4) is 0 Å². The van der Waals surface area contributed by atoms with Gasteiger partial charge >= 0.3 is 0 Å². The highest BCUT2D eigenvalue weighted by atomic mass is 16.2. The number of nitrogens with zero attached hydrogens (tertiary/aromatic N) is 1. The highest BCUT2D eigenvalue weighted by molar-refractivity contribution is 5.83. The Kier molecular flexibility index (Phi) is 3.56. The molecule has 0 bridgehead atoms. The first-order valence-electron chi connectivity index (χ1n) is 6.95. The highest BCUT2D eigenvalue weighted by Crippen LogP contribution is 2.22. The molecule has 1 amide bonds. The zero-order chi connectivity index (χ0) is 13.9. The number of fused-ring (bicyclic) bond motifs is 1. The molecule has 3 rings (SSSR count). The van der Waals surface area contributed by atoms with Crippen LogP contribution in [0.2, 0.25) is 0 Å². The third-order valence-electron chi connectivity index (χ3n) is 3.87. The van der Waals surface area contributed by atoms with Crippen LogP contribution in [0.25, 0.3) is 0 Å². The number of aromatic nitrogens is 1. The lowest BCUT2D eigenvalue weighted by Crippen LogP contribution is -2.41. The maximum absolute atomic E-state index is 12.4. The smallest absolute Gasteiger partial charge is 0.242 e. The van der Waals surface area contributed by atoms with Gasteiger partial charge in [-0.1, -0.05) is 24.3 Å². The van der Waals surface area contributed by atoms with Gasteiger partial charge in [-0.2, -0.15) is 0 Å². The topological polar surface area (TPSA) is 46.1 Å². The molecule has 1 unspecified atom stereocenters. The summed E-state index contributed by atoms with van der Waals surface area (Å²) >= 11 is 0. The second-order valence-electron chi connectivity index (χ2n) is 5.16. The molecule has 1 atom stereocenters. The summed E-state index contributed by atoms with van der Waals surface area (Å²) in [4.78, 5) is 12.4. The van der Waals surface area contributed by atoms with E-state index in [0.29, 0.717) is 6.54 Å². The second kappa shape index (κ2) is 5.51. The Balaban J connectivity index is 1.71. The predicted molar refractivity (Wildman–Crippen MR) is 78.1 cm³/mol. The molecule has 0 saturated carbocycles. The van der Waals surface area contributed by atoms with Crippen LogP contribution in [-0.4, -0.2) is 17.0 Å². The van der Waals surface area contributed by atoms with E-state index in [0.717, 1.165) is 24.2 Å². The van der Waals surface area contributed by atoms with E-state index in [1.807, 2.05) is 48.1 Å². The van der Waals surface area contributed by atoms with Crippen molar-refractivity contribution in [2.75, 3.05) is 6.54 Å². The Labute approximate surface area is 118 Å². The van der Waals surface area contributed by atoms with Crippen LogP contribution in [0, 0.1) is 0 Å². The van der Waals surface area contributed by atoms with Crippen molar-refractivity contribution in [2.24, 2.45) is 7.05 Å². The van der Waals surface area contributed by atoms with E-state index in [1.54, 1.807) is 0 Å². The molecule has 1 aromatic carbocycles. The Bertz CT molecular complexity index is 618.